The topological polar surface area (TPSA) is 58.2 Å². The molecule has 2 N–H and O–H groups in total. The van der Waals surface area contributed by atoms with Crippen LogP contribution in [0.25, 0.3) is 0 Å². The van der Waals surface area contributed by atoms with Gasteiger partial charge < -0.3 is 10.6 Å². The SMILES string of the molecule is C=C1C(=O)Nc2ccccc2NC1=O. The number of para-hydroxylation sites is 2. The molecule has 1 aliphatic heterocycles. The Kier molecular flexibility index (Phi) is 1.81. The number of fused-ring (bicyclic) bond motifs is 1. The fraction of sp³-hybridized carbons (Fsp3) is 0. The first-order valence-electron chi connectivity index (χ1n) is 4.09. The highest BCUT2D eigenvalue weighted by Crippen LogP contribution is 2.24. The van der Waals surface area contributed by atoms with Crippen molar-refractivity contribution in [3.8, 4) is 0 Å². The second-order valence-corrected chi connectivity index (χ2v) is 2.93. The highest BCUT2D eigenvalue weighted by molar-refractivity contribution is 6.28. The van der Waals surface area contributed by atoms with Gasteiger partial charge in [-0.3, -0.25) is 9.59 Å². The van der Waals surface area contributed by atoms with Gasteiger partial charge in [-0.25, -0.2) is 0 Å². The lowest BCUT2D eigenvalue weighted by molar-refractivity contribution is -0.118. The first-order chi connectivity index (χ1) is 6.68. The van der Waals surface area contributed by atoms with E-state index in [-0.39, 0.29) is 5.57 Å². The number of hydrogen-bond acceptors (Lipinski definition) is 2. The summed E-state index contributed by atoms with van der Waals surface area (Å²) in [5.41, 5.74) is 1.09. The van der Waals surface area contributed by atoms with Crippen LogP contribution >= 0.6 is 0 Å². The Morgan fingerprint density at radius 2 is 1.36 bits per heavy atom. The lowest BCUT2D eigenvalue weighted by Crippen LogP contribution is -2.19. The van der Waals surface area contributed by atoms with Crippen molar-refractivity contribution >= 4 is 23.2 Å². The van der Waals surface area contributed by atoms with Crippen LogP contribution in [0.15, 0.2) is 36.4 Å². The van der Waals surface area contributed by atoms with E-state index >= 15 is 0 Å². The van der Waals surface area contributed by atoms with E-state index in [1.54, 1.807) is 24.3 Å². The molecule has 0 spiro atoms. The molecule has 4 heteroatoms. The molecule has 2 rings (SSSR count). The largest absolute Gasteiger partial charge is 0.320 e. The lowest BCUT2D eigenvalue weighted by atomic mass is 10.2. The minimum Gasteiger partial charge on any atom is -0.320 e. The number of anilines is 2. The molecule has 1 aliphatic rings. The minimum atomic E-state index is -0.465. The van der Waals surface area contributed by atoms with Gasteiger partial charge in [0.15, 0.2) is 0 Å². The average molecular weight is 188 g/mol. The van der Waals surface area contributed by atoms with Crippen LogP contribution in [0.2, 0.25) is 0 Å². The summed E-state index contributed by atoms with van der Waals surface area (Å²) >= 11 is 0. The van der Waals surface area contributed by atoms with E-state index in [1.165, 1.54) is 0 Å². The van der Waals surface area contributed by atoms with Crippen LogP contribution in [0.4, 0.5) is 11.4 Å². The zero-order valence-electron chi connectivity index (χ0n) is 7.33. The summed E-state index contributed by atoms with van der Waals surface area (Å²) < 4.78 is 0. The van der Waals surface area contributed by atoms with Crippen molar-refractivity contribution in [2.45, 2.75) is 0 Å². The molecule has 0 aromatic heterocycles. The van der Waals surface area contributed by atoms with Crippen LogP contribution in [0.5, 0.6) is 0 Å². The summed E-state index contributed by atoms with van der Waals surface area (Å²) in [5, 5.41) is 5.16. The summed E-state index contributed by atoms with van der Waals surface area (Å²) in [7, 11) is 0. The predicted octanol–water partition coefficient (Wildman–Crippen LogP) is 1.13. The molecule has 1 aromatic carbocycles. The molecule has 0 atom stereocenters. The minimum absolute atomic E-state index is 0.0822. The molecule has 0 unspecified atom stereocenters. The molecule has 0 saturated carbocycles. The van der Waals surface area contributed by atoms with Crippen molar-refractivity contribution in [2.24, 2.45) is 0 Å². The molecule has 0 bridgehead atoms. The predicted molar refractivity (Wildman–Crippen MR) is 52.8 cm³/mol. The van der Waals surface area contributed by atoms with Crippen LogP contribution in [0.3, 0.4) is 0 Å². The number of carbonyl (C=O) groups excluding carboxylic acids is 2. The fourth-order valence-corrected chi connectivity index (χ4v) is 1.20. The van der Waals surface area contributed by atoms with E-state index in [9.17, 15) is 9.59 Å². The molecule has 0 saturated heterocycles. The Labute approximate surface area is 80.6 Å². The highest BCUT2D eigenvalue weighted by atomic mass is 16.2. The summed E-state index contributed by atoms with van der Waals surface area (Å²) in [5.74, 6) is -0.931. The van der Waals surface area contributed by atoms with Crippen molar-refractivity contribution in [2.75, 3.05) is 10.6 Å². The van der Waals surface area contributed by atoms with Crippen LogP contribution in [0, 0.1) is 0 Å². The Balaban J connectivity index is 2.49. The van der Waals surface area contributed by atoms with Gasteiger partial charge in [0.1, 0.15) is 0 Å². The molecule has 14 heavy (non-hydrogen) atoms. The Bertz CT molecular complexity index is 399. The maximum Gasteiger partial charge on any atom is 0.260 e. The molecule has 4 nitrogen and oxygen atoms in total. The van der Waals surface area contributed by atoms with Gasteiger partial charge in [-0.2, -0.15) is 0 Å². The number of carbonyl (C=O) groups is 2. The molecule has 1 aromatic rings. The fourth-order valence-electron chi connectivity index (χ4n) is 1.20. The number of rotatable bonds is 0. The van der Waals surface area contributed by atoms with E-state index in [1.807, 2.05) is 0 Å². The van der Waals surface area contributed by atoms with Crippen molar-refractivity contribution in [1.29, 1.82) is 0 Å². The van der Waals surface area contributed by atoms with Gasteiger partial charge >= 0.3 is 0 Å². The third-order valence-corrected chi connectivity index (χ3v) is 1.97. The first-order valence-corrected chi connectivity index (χ1v) is 4.09. The Hall–Kier alpha value is -2.10. The van der Waals surface area contributed by atoms with Crippen LogP contribution < -0.4 is 10.6 Å². The van der Waals surface area contributed by atoms with Crippen molar-refractivity contribution in [1.82, 2.24) is 0 Å². The van der Waals surface area contributed by atoms with E-state index in [2.05, 4.69) is 17.2 Å². The van der Waals surface area contributed by atoms with Crippen molar-refractivity contribution in [3.63, 3.8) is 0 Å². The number of amides is 2. The number of hydrogen-bond donors (Lipinski definition) is 2. The Morgan fingerprint density at radius 1 is 0.929 bits per heavy atom. The molecule has 70 valence electrons. The molecular formula is C10H8N2O2. The lowest BCUT2D eigenvalue weighted by Gasteiger charge is -2.04. The summed E-state index contributed by atoms with van der Waals surface area (Å²) in [6, 6.07) is 6.98. The second-order valence-electron chi connectivity index (χ2n) is 2.93. The molecule has 0 fully saturated rings. The number of nitrogens with one attached hydrogen (secondary N) is 2. The van der Waals surface area contributed by atoms with Crippen LogP contribution in [-0.2, 0) is 9.59 Å². The monoisotopic (exact) mass is 188 g/mol. The van der Waals surface area contributed by atoms with Gasteiger partial charge in [-0.05, 0) is 12.1 Å². The van der Waals surface area contributed by atoms with Crippen LogP contribution in [0.1, 0.15) is 0 Å². The maximum atomic E-state index is 11.3. The second kappa shape index (κ2) is 2.99. The normalized spacial score (nSPS) is 15.3. The smallest absolute Gasteiger partial charge is 0.260 e. The third-order valence-electron chi connectivity index (χ3n) is 1.97. The van der Waals surface area contributed by atoms with E-state index in [0.717, 1.165) is 0 Å². The zero-order valence-corrected chi connectivity index (χ0v) is 7.33. The first kappa shape index (κ1) is 8.50. The van der Waals surface area contributed by atoms with E-state index < -0.39 is 11.8 Å². The maximum absolute atomic E-state index is 11.3. The average Bonchev–Trinajstić information content (AvgIpc) is 2.28. The summed E-state index contributed by atoms with van der Waals surface area (Å²) in [4.78, 5) is 22.6. The molecule has 0 radical (unpaired) electrons. The van der Waals surface area contributed by atoms with Gasteiger partial charge in [0.05, 0.1) is 16.9 Å². The van der Waals surface area contributed by atoms with Crippen LogP contribution in [-0.4, -0.2) is 11.8 Å². The standard InChI is InChI=1S/C10H8N2O2/c1-6-9(13)11-7-4-2-3-5-8(7)12-10(6)14/h2-5H,1H2,(H,11,13)(H,12,14). The summed E-state index contributed by atoms with van der Waals surface area (Å²) in [6.45, 7) is 3.40. The zero-order chi connectivity index (χ0) is 10.1. The van der Waals surface area contributed by atoms with Gasteiger partial charge in [0.2, 0.25) is 0 Å². The number of benzene rings is 1. The van der Waals surface area contributed by atoms with E-state index in [0.29, 0.717) is 11.4 Å². The van der Waals surface area contributed by atoms with E-state index in [4.69, 9.17) is 0 Å². The molecular weight excluding hydrogens is 180 g/mol. The van der Waals surface area contributed by atoms with Gasteiger partial charge in [-0.1, -0.05) is 18.7 Å². The van der Waals surface area contributed by atoms with Gasteiger partial charge in [0.25, 0.3) is 11.8 Å². The van der Waals surface area contributed by atoms with Crippen molar-refractivity contribution in [3.05, 3.63) is 36.4 Å². The Morgan fingerprint density at radius 3 is 1.79 bits per heavy atom. The molecule has 0 aliphatic carbocycles. The van der Waals surface area contributed by atoms with Gasteiger partial charge in [-0.15, -0.1) is 0 Å². The quantitative estimate of drug-likeness (QED) is 0.473. The molecule has 1 heterocycles. The summed E-state index contributed by atoms with van der Waals surface area (Å²) in [6.07, 6.45) is 0. The third kappa shape index (κ3) is 1.26. The highest BCUT2D eigenvalue weighted by Gasteiger charge is 2.21. The molecule has 2 amide bonds. The van der Waals surface area contributed by atoms with Gasteiger partial charge in [0, 0.05) is 0 Å². The van der Waals surface area contributed by atoms with Crippen molar-refractivity contribution < 1.29 is 9.59 Å².